The fourth-order valence-electron chi connectivity index (χ4n) is 2.64. The highest BCUT2D eigenvalue weighted by molar-refractivity contribution is 7.91. The molecule has 0 radical (unpaired) electrons. The summed E-state index contributed by atoms with van der Waals surface area (Å²) < 4.78 is 37.9. The number of hydrogen-bond acceptors (Lipinski definition) is 5. The van der Waals surface area contributed by atoms with Gasteiger partial charge >= 0.3 is 0 Å². The van der Waals surface area contributed by atoms with Crippen molar-refractivity contribution in [3.05, 3.63) is 69.9 Å². The molecule has 29 heavy (non-hydrogen) atoms. The number of hydrogen-bond donors (Lipinski definition) is 1. The van der Waals surface area contributed by atoms with Crippen LogP contribution in [0, 0.1) is 5.82 Å². The molecular weight excluding hydrogens is 435 g/mol. The summed E-state index contributed by atoms with van der Waals surface area (Å²) in [7, 11) is -3.73. The summed E-state index contributed by atoms with van der Waals surface area (Å²) in [5, 5.41) is 4.65. The molecule has 0 saturated heterocycles. The molecule has 1 amide bonds. The summed E-state index contributed by atoms with van der Waals surface area (Å²) in [6.07, 6.45) is 0.938. The van der Waals surface area contributed by atoms with Gasteiger partial charge in [-0.3, -0.25) is 4.79 Å². The number of thiazole rings is 1. The van der Waals surface area contributed by atoms with E-state index in [0.717, 1.165) is 23.1 Å². The molecule has 3 aromatic rings. The van der Waals surface area contributed by atoms with Gasteiger partial charge in [-0.05, 0) is 30.2 Å². The predicted molar refractivity (Wildman–Crippen MR) is 114 cm³/mol. The third-order valence-corrected chi connectivity index (χ3v) is 6.75. The quantitative estimate of drug-likeness (QED) is 0.562. The summed E-state index contributed by atoms with van der Waals surface area (Å²) in [4.78, 5) is 16.4. The van der Waals surface area contributed by atoms with E-state index in [9.17, 15) is 17.6 Å². The molecule has 1 heterocycles. The van der Waals surface area contributed by atoms with E-state index in [2.05, 4.69) is 17.2 Å². The topological polar surface area (TPSA) is 76.1 Å². The minimum absolute atomic E-state index is 0.160. The molecule has 2 aromatic carbocycles. The predicted octanol–water partition coefficient (Wildman–Crippen LogP) is 4.72. The Bertz CT molecular complexity index is 1130. The summed E-state index contributed by atoms with van der Waals surface area (Å²) in [6.45, 7) is 2.07. The van der Waals surface area contributed by atoms with Crippen molar-refractivity contribution in [2.24, 2.45) is 0 Å². The standard InChI is InChI=1S/C20H18ClFN2O3S2/c1-2-13-3-5-14(6-4-13)20-24-16(10-28-20)11-29(26,27)12-19(25)23-15-7-8-18(22)17(21)9-15/h3-10H,2,11-12H2,1H3,(H,23,25). The van der Waals surface area contributed by atoms with E-state index in [0.29, 0.717) is 5.69 Å². The molecular formula is C20H18ClFN2O3S2. The minimum Gasteiger partial charge on any atom is -0.325 e. The lowest BCUT2D eigenvalue weighted by atomic mass is 10.1. The van der Waals surface area contributed by atoms with Gasteiger partial charge in [0.25, 0.3) is 0 Å². The average molecular weight is 453 g/mol. The molecule has 0 aliphatic rings. The fraction of sp³-hybridized carbons (Fsp3) is 0.200. The Balaban J connectivity index is 1.63. The number of aromatic nitrogens is 1. The Morgan fingerprint density at radius 3 is 2.59 bits per heavy atom. The molecule has 0 aliphatic carbocycles. The van der Waals surface area contributed by atoms with Crippen LogP contribution in [0.3, 0.4) is 0 Å². The van der Waals surface area contributed by atoms with Crippen molar-refractivity contribution < 1.29 is 17.6 Å². The summed E-state index contributed by atoms with van der Waals surface area (Å²) in [6, 6.07) is 11.6. The molecule has 9 heteroatoms. The maximum absolute atomic E-state index is 13.2. The van der Waals surface area contributed by atoms with Crippen molar-refractivity contribution in [3.8, 4) is 10.6 Å². The van der Waals surface area contributed by atoms with Crippen molar-refractivity contribution >= 4 is 44.4 Å². The van der Waals surface area contributed by atoms with Crippen LogP contribution >= 0.6 is 22.9 Å². The number of amides is 1. The van der Waals surface area contributed by atoms with Crippen molar-refractivity contribution in [3.63, 3.8) is 0 Å². The van der Waals surface area contributed by atoms with Crippen LogP contribution in [0.15, 0.2) is 47.8 Å². The zero-order valence-corrected chi connectivity index (χ0v) is 17.9. The summed E-state index contributed by atoms with van der Waals surface area (Å²) in [5.41, 5.74) is 2.74. The zero-order chi connectivity index (χ0) is 21.0. The normalized spacial score (nSPS) is 11.4. The second kappa shape index (κ2) is 9.02. The smallest absolute Gasteiger partial charge is 0.239 e. The van der Waals surface area contributed by atoms with Crippen LogP contribution in [0.25, 0.3) is 10.6 Å². The number of nitrogens with one attached hydrogen (secondary N) is 1. The molecule has 0 atom stereocenters. The van der Waals surface area contributed by atoms with Gasteiger partial charge in [0.1, 0.15) is 16.6 Å². The van der Waals surface area contributed by atoms with E-state index in [1.807, 2.05) is 24.3 Å². The average Bonchev–Trinajstić information content (AvgIpc) is 3.12. The highest BCUT2D eigenvalue weighted by atomic mass is 35.5. The monoisotopic (exact) mass is 452 g/mol. The van der Waals surface area contributed by atoms with Crippen molar-refractivity contribution in [2.45, 2.75) is 19.1 Å². The summed E-state index contributed by atoms with van der Waals surface area (Å²) in [5.74, 6) is -2.40. The molecule has 0 fully saturated rings. The number of halogens is 2. The molecule has 1 N–H and O–H groups in total. The first-order valence-electron chi connectivity index (χ1n) is 8.75. The highest BCUT2D eigenvalue weighted by Gasteiger charge is 2.20. The van der Waals surface area contributed by atoms with Gasteiger partial charge in [-0.25, -0.2) is 17.8 Å². The molecule has 0 aliphatic heterocycles. The number of sulfone groups is 1. The van der Waals surface area contributed by atoms with Crippen LogP contribution in [0.4, 0.5) is 10.1 Å². The van der Waals surface area contributed by atoms with Gasteiger partial charge in [0, 0.05) is 16.6 Å². The lowest BCUT2D eigenvalue weighted by Crippen LogP contribution is -2.24. The number of carbonyl (C=O) groups excluding carboxylic acids is 1. The van der Waals surface area contributed by atoms with Gasteiger partial charge in [0.15, 0.2) is 9.84 Å². The number of carbonyl (C=O) groups is 1. The molecule has 5 nitrogen and oxygen atoms in total. The van der Waals surface area contributed by atoms with Crippen LogP contribution in [0.5, 0.6) is 0 Å². The number of aryl methyl sites for hydroxylation is 1. The molecule has 0 bridgehead atoms. The van der Waals surface area contributed by atoms with Crippen molar-refractivity contribution in [2.75, 3.05) is 11.1 Å². The first kappa shape index (κ1) is 21.4. The van der Waals surface area contributed by atoms with Gasteiger partial charge in [-0.1, -0.05) is 42.8 Å². The molecule has 0 saturated carbocycles. The van der Waals surface area contributed by atoms with E-state index in [4.69, 9.17) is 11.6 Å². The Kier molecular flexibility index (Phi) is 6.66. The Morgan fingerprint density at radius 2 is 1.93 bits per heavy atom. The van der Waals surface area contributed by atoms with E-state index < -0.39 is 27.3 Å². The SMILES string of the molecule is CCc1ccc(-c2nc(CS(=O)(=O)CC(=O)Nc3ccc(F)c(Cl)c3)cs2)cc1. The van der Waals surface area contributed by atoms with Crippen LogP contribution in [0.2, 0.25) is 5.02 Å². The van der Waals surface area contributed by atoms with Crippen molar-refractivity contribution in [1.82, 2.24) is 4.98 Å². The Labute approximate surface area is 177 Å². The Hall–Kier alpha value is -2.29. The molecule has 152 valence electrons. The second-order valence-electron chi connectivity index (χ2n) is 6.40. The lowest BCUT2D eigenvalue weighted by Gasteiger charge is -2.06. The van der Waals surface area contributed by atoms with Gasteiger partial charge in [0.2, 0.25) is 5.91 Å². The van der Waals surface area contributed by atoms with E-state index in [1.165, 1.54) is 29.0 Å². The third kappa shape index (κ3) is 5.85. The number of rotatable bonds is 7. The van der Waals surface area contributed by atoms with Gasteiger partial charge in [-0.15, -0.1) is 11.3 Å². The van der Waals surface area contributed by atoms with Crippen LogP contribution in [-0.4, -0.2) is 25.1 Å². The van der Waals surface area contributed by atoms with E-state index in [1.54, 1.807) is 5.38 Å². The van der Waals surface area contributed by atoms with Gasteiger partial charge in [-0.2, -0.15) is 0 Å². The largest absolute Gasteiger partial charge is 0.325 e. The third-order valence-electron chi connectivity index (χ3n) is 4.08. The van der Waals surface area contributed by atoms with E-state index >= 15 is 0 Å². The molecule has 1 aromatic heterocycles. The minimum atomic E-state index is -3.73. The van der Waals surface area contributed by atoms with Crippen LogP contribution in [-0.2, 0) is 26.8 Å². The van der Waals surface area contributed by atoms with Crippen LogP contribution < -0.4 is 5.32 Å². The lowest BCUT2D eigenvalue weighted by molar-refractivity contribution is -0.113. The maximum Gasteiger partial charge on any atom is 0.239 e. The van der Waals surface area contributed by atoms with Crippen LogP contribution in [0.1, 0.15) is 18.2 Å². The summed E-state index contributed by atoms with van der Waals surface area (Å²) >= 11 is 7.01. The van der Waals surface area contributed by atoms with Gasteiger partial charge in [0.05, 0.1) is 16.5 Å². The number of benzene rings is 2. The fourth-order valence-corrected chi connectivity index (χ4v) is 4.92. The first-order chi connectivity index (χ1) is 13.8. The molecule has 0 unspecified atom stereocenters. The van der Waals surface area contributed by atoms with Crippen molar-refractivity contribution in [1.29, 1.82) is 0 Å². The maximum atomic E-state index is 13.2. The van der Waals surface area contributed by atoms with E-state index in [-0.39, 0.29) is 16.5 Å². The highest BCUT2D eigenvalue weighted by Crippen LogP contribution is 2.25. The Morgan fingerprint density at radius 1 is 1.21 bits per heavy atom. The molecule has 0 spiro atoms. The zero-order valence-electron chi connectivity index (χ0n) is 15.5. The number of anilines is 1. The van der Waals surface area contributed by atoms with Gasteiger partial charge < -0.3 is 5.32 Å². The number of nitrogens with zero attached hydrogens (tertiary/aromatic N) is 1. The first-order valence-corrected chi connectivity index (χ1v) is 11.8. The molecule has 3 rings (SSSR count). The second-order valence-corrected chi connectivity index (χ2v) is 9.73.